The molecule has 21 heavy (non-hydrogen) atoms. The summed E-state index contributed by atoms with van der Waals surface area (Å²) >= 11 is 1.78. The van der Waals surface area contributed by atoms with Gasteiger partial charge in [-0.05, 0) is 31.9 Å². The summed E-state index contributed by atoms with van der Waals surface area (Å²) in [6, 6.07) is 4.48. The first-order chi connectivity index (χ1) is 10.1. The van der Waals surface area contributed by atoms with E-state index < -0.39 is 0 Å². The number of piperazine rings is 1. The summed E-state index contributed by atoms with van der Waals surface area (Å²) in [6.07, 6.45) is 2.42. The molecule has 1 fully saturated rings. The van der Waals surface area contributed by atoms with Gasteiger partial charge in [0.2, 0.25) is 5.91 Å². The molecule has 1 aliphatic heterocycles. The number of aliphatic hydroxyl groups is 1. The molecular formula is C16H26N2O2S. The van der Waals surface area contributed by atoms with Gasteiger partial charge in [-0.15, -0.1) is 11.3 Å². The molecule has 1 aromatic rings. The molecule has 0 spiro atoms. The fourth-order valence-corrected chi connectivity index (χ4v) is 3.74. The molecule has 5 heteroatoms. The highest BCUT2D eigenvalue weighted by atomic mass is 32.1. The van der Waals surface area contributed by atoms with Crippen LogP contribution in [0.5, 0.6) is 0 Å². The van der Waals surface area contributed by atoms with Crippen molar-refractivity contribution in [2.24, 2.45) is 0 Å². The van der Waals surface area contributed by atoms with E-state index in [4.69, 9.17) is 0 Å². The fraction of sp³-hybridized carbons (Fsp3) is 0.688. The Bertz CT molecular complexity index is 449. The van der Waals surface area contributed by atoms with Crippen molar-refractivity contribution in [3.8, 4) is 0 Å². The average molecular weight is 310 g/mol. The zero-order valence-electron chi connectivity index (χ0n) is 13.0. The topological polar surface area (TPSA) is 43.8 Å². The average Bonchev–Trinajstić information content (AvgIpc) is 2.92. The number of carbonyl (C=O) groups is 1. The lowest BCUT2D eigenvalue weighted by Crippen LogP contribution is -2.52. The minimum Gasteiger partial charge on any atom is -0.395 e. The molecule has 1 aliphatic rings. The zero-order chi connectivity index (χ0) is 15.2. The summed E-state index contributed by atoms with van der Waals surface area (Å²) < 4.78 is 0. The Morgan fingerprint density at radius 3 is 2.57 bits per heavy atom. The second kappa shape index (κ2) is 7.92. The van der Waals surface area contributed by atoms with Crippen molar-refractivity contribution in [2.45, 2.75) is 39.2 Å². The molecule has 118 valence electrons. The highest BCUT2D eigenvalue weighted by Crippen LogP contribution is 2.17. The van der Waals surface area contributed by atoms with E-state index >= 15 is 0 Å². The van der Waals surface area contributed by atoms with Crippen LogP contribution < -0.4 is 0 Å². The van der Waals surface area contributed by atoms with Gasteiger partial charge in [0.05, 0.1) is 6.61 Å². The third-order valence-corrected chi connectivity index (χ3v) is 5.31. The lowest BCUT2D eigenvalue weighted by molar-refractivity contribution is -0.133. The van der Waals surface area contributed by atoms with Crippen molar-refractivity contribution in [3.63, 3.8) is 0 Å². The first kappa shape index (κ1) is 16.5. The van der Waals surface area contributed by atoms with E-state index in [-0.39, 0.29) is 18.6 Å². The molecular weight excluding hydrogens is 284 g/mol. The SMILES string of the molecule is CCC(CO)N1CCN(C(=O)CCc2ccc(C)s2)CC1. The fourth-order valence-electron chi connectivity index (χ4n) is 2.85. The largest absolute Gasteiger partial charge is 0.395 e. The molecule has 0 radical (unpaired) electrons. The standard InChI is InChI=1S/C16H26N2O2S/c1-3-14(12-19)17-8-10-18(11-9-17)16(20)7-6-15-5-4-13(2)21-15/h4-5,14,19H,3,6-12H2,1-2H3. The third-order valence-electron chi connectivity index (χ3n) is 4.25. The molecule has 1 saturated heterocycles. The van der Waals surface area contributed by atoms with Gasteiger partial charge >= 0.3 is 0 Å². The predicted molar refractivity (Wildman–Crippen MR) is 86.7 cm³/mol. The van der Waals surface area contributed by atoms with Crippen molar-refractivity contribution in [1.82, 2.24) is 9.80 Å². The van der Waals surface area contributed by atoms with Crippen LogP contribution >= 0.6 is 11.3 Å². The minimum atomic E-state index is 0.210. The van der Waals surface area contributed by atoms with E-state index in [2.05, 4.69) is 30.9 Å². The lowest BCUT2D eigenvalue weighted by atomic mass is 10.1. The molecule has 1 N–H and O–H groups in total. The summed E-state index contributed by atoms with van der Waals surface area (Å²) in [5.74, 6) is 0.262. The Morgan fingerprint density at radius 2 is 2.05 bits per heavy atom. The molecule has 0 bridgehead atoms. The second-order valence-electron chi connectivity index (χ2n) is 5.67. The summed E-state index contributed by atoms with van der Waals surface area (Å²) in [7, 11) is 0. The monoisotopic (exact) mass is 310 g/mol. The predicted octanol–water partition coefficient (Wildman–Crippen LogP) is 1.90. The number of amides is 1. The number of nitrogens with zero attached hydrogens (tertiary/aromatic N) is 2. The van der Waals surface area contributed by atoms with Crippen molar-refractivity contribution in [3.05, 3.63) is 21.9 Å². The van der Waals surface area contributed by atoms with E-state index in [1.807, 2.05) is 4.90 Å². The lowest BCUT2D eigenvalue weighted by Gasteiger charge is -2.38. The highest BCUT2D eigenvalue weighted by molar-refractivity contribution is 7.11. The first-order valence-corrected chi connectivity index (χ1v) is 8.63. The Kier molecular flexibility index (Phi) is 6.21. The van der Waals surface area contributed by atoms with Crippen molar-refractivity contribution in [2.75, 3.05) is 32.8 Å². The maximum absolute atomic E-state index is 12.3. The molecule has 0 saturated carbocycles. The normalized spacial score (nSPS) is 18.0. The third kappa shape index (κ3) is 4.53. The quantitative estimate of drug-likeness (QED) is 0.873. The van der Waals surface area contributed by atoms with Gasteiger partial charge in [0.15, 0.2) is 0 Å². The number of aliphatic hydroxyl groups excluding tert-OH is 1. The smallest absolute Gasteiger partial charge is 0.223 e. The van der Waals surface area contributed by atoms with E-state index in [9.17, 15) is 9.90 Å². The highest BCUT2D eigenvalue weighted by Gasteiger charge is 2.24. The van der Waals surface area contributed by atoms with Crippen LogP contribution in [0.1, 0.15) is 29.5 Å². The molecule has 1 atom stereocenters. The van der Waals surface area contributed by atoms with E-state index in [0.717, 1.165) is 39.0 Å². The summed E-state index contributed by atoms with van der Waals surface area (Å²) in [5, 5.41) is 9.34. The molecule has 0 aliphatic carbocycles. The van der Waals surface area contributed by atoms with Crippen LogP contribution in [-0.4, -0.2) is 59.6 Å². The summed E-state index contributed by atoms with van der Waals surface area (Å²) in [5.41, 5.74) is 0. The van der Waals surface area contributed by atoms with Gasteiger partial charge in [0, 0.05) is 48.4 Å². The Labute approximate surface area is 131 Å². The number of thiophene rings is 1. The number of hydrogen-bond donors (Lipinski definition) is 1. The maximum atomic E-state index is 12.3. The van der Waals surface area contributed by atoms with Crippen LogP contribution in [0.3, 0.4) is 0 Å². The van der Waals surface area contributed by atoms with E-state index in [1.165, 1.54) is 9.75 Å². The molecule has 1 aromatic heterocycles. The van der Waals surface area contributed by atoms with Crippen molar-refractivity contribution in [1.29, 1.82) is 0 Å². The van der Waals surface area contributed by atoms with Crippen LogP contribution in [-0.2, 0) is 11.2 Å². The van der Waals surface area contributed by atoms with Crippen molar-refractivity contribution >= 4 is 17.2 Å². The van der Waals surface area contributed by atoms with E-state index in [1.54, 1.807) is 11.3 Å². The first-order valence-electron chi connectivity index (χ1n) is 7.82. The zero-order valence-corrected chi connectivity index (χ0v) is 13.9. The van der Waals surface area contributed by atoms with Gasteiger partial charge in [-0.25, -0.2) is 0 Å². The molecule has 0 aromatic carbocycles. The molecule has 2 rings (SSSR count). The number of aryl methyl sites for hydroxylation is 2. The van der Waals surface area contributed by atoms with Crippen LogP contribution in [0.2, 0.25) is 0 Å². The Balaban J connectivity index is 1.75. The maximum Gasteiger partial charge on any atom is 0.223 e. The molecule has 1 amide bonds. The van der Waals surface area contributed by atoms with Crippen LogP contribution in [0.15, 0.2) is 12.1 Å². The van der Waals surface area contributed by atoms with Gasteiger partial charge in [-0.3, -0.25) is 9.69 Å². The van der Waals surface area contributed by atoms with Crippen molar-refractivity contribution < 1.29 is 9.90 Å². The van der Waals surface area contributed by atoms with Crippen LogP contribution in [0.4, 0.5) is 0 Å². The Hall–Kier alpha value is -0.910. The number of rotatable bonds is 6. The second-order valence-corrected chi connectivity index (χ2v) is 7.05. The van der Waals surface area contributed by atoms with Gasteiger partial charge in [-0.1, -0.05) is 6.92 Å². The summed E-state index contributed by atoms with van der Waals surface area (Å²) in [4.78, 5) is 19.1. The Morgan fingerprint density at radius 1 is 1.33 bits per heavy atom. The van der Waals surface area contributed by atoms with Crippen LogP contribution in [0.25, 0.3) is 0 Å². The van der Waals surface area contributed by atoms with Crippen LogP contribution in [0, 0.1) is 6.92 Å². The van der Waals surface area contributed by atoms with Gasteiger partial charge in [0.1, 0.15) is 0 Å². The van der Waals surface area contributed by atoms with Gasteiger partial charge in [0.25, 0.3) is 0 Å². The summed E-state index contributed by atoms with van der Waals surface area (Å²) in [6.45, 7) is 7.74. The molecule has 2 heterocycles. The minimum absolute atomic E-state index is 0.210. The van der Waals surface area contributed by atoms with E-state index in [0.29, 0.717) is 6.42 Å². The van der Waals surface area contributed by atoms with Gasteiger partial charge in [-0.2, -0.15) is 0 Å². The number of hydrogen-bond acceptors (Lipinski definition) is 4. The molecule has 1 unspecified atom stereocenters. The number of carbonyl (C=O) groups excluding carboxylic acids is 1. The van der Waals surface area contributed by atoms with Gasteiger partial charge < -0.3 is 10.0 Å². The molecule has 4 nitrogen and oxygen atoms in total.